The lowest BCUT2D eigenvalue weighted by atomic mass is 9.78. The first-order valence-electron chi connectivity index (χ1n) is 5.97. The Morgan fingerprint density at radius 1 is 1.33 bits per heavy atom. The molecule has 3 heteroatoms. The summed E-state index contributed by atoms with van der Waals surface area (Å²) >= 11 is 0. The molecule has 1 aliphatic heterocycles. The number of hydrogen-bond donors (Lipinski definition) is 0. The Morgan fingerprint density at radius 2 is 1.93 bits per heavy atom. The predicted molar refractivity (Wildman–Crippen MR) is 60.7 cm³/mol. The SMILES string of the molecule is CCOC(=O)CN1CCC(C)(CC)CC1. The van der Waals surface area contributed by atoms with Crippen LogP contribution in [0.1, 0.15) is 40.0 Å². The number of esters is 1. The van der Waals surface area contributed by atoms with E-state index in [0.717, 1.165) is 13.1 Å². The maximum Gasteiger partial charge on any atom is 0.320 e. The highest BCUT2D eigenvalue weighted by atomic mass is 16.5. The van der Waals surface area contributed by atoms with Gasteiger partial charge in [0.15, 0.2) is 0 Å². The highest BCUT2D eigenvalue weighted by Crippen LogP contribution is 2.33. The number of carbonyl (C=O) groups excluding carboxylic acids is 1. The van der Waals surface area contributed by atoms with Crippen LogP contribution in [0.15, 0.2) is 0 Å². The predicted octanol–water partition coefficient (Wildman–Crippen LogP) is 2.06. The van der Waals surface area contributed by atoms with Crippen molar-refractivity contribution in [1.29, 1.82) is 0 Å². The fourth-order valence-electron chi connectivity index (χ4n) is 1.99. The molecule has 0 bridgehead atoms. The van der Waals surface area contributed by atoms with Gasteiger partial charge in [-0.3, -0.25) is 9.69 Å². The molecular formula is C12H23NO2. The number of rotatable bonds is 4. The molecule has 1 saturated heterocycles. The van der Waals surface area contributed by atoms with Gasteiger partial charge in [-0.15, -0.1) is 0 Å². The molecule has 0 atom stereocenters. The van der Waals surface area contributed by atoms with Crippen LogP contribution in [0.5, 0.6) is 0 Å². The lowest BCUT2D eigenvalue weighted by molar-refractivity contribution is -0.145. The molecular weight excluding hydrogens is 190 g/mol. The molecule has 15 heavy (non-hydrogen) atoms. The van der Waals surface area contributed by atoms with Gasteiger partial charge in [-0.1, -0.05) is 20.3 Å². The van der Waals surface area contributed by atoms with Gasteiger partial charge in [0.1, 0.15) is 0 Å². The van der Waals surface area contributed by atoms with Crippen molar-refractivity contribution >= 4 is 5.97 Å². The van der Waals surface area contributed by atoms with Crippen LogP contribution in [0.3, 0.4) is 0 Å². The van der Waals surface area contributed by atoms with Crippen molar-refractivity contribution in [3.63, 3.8) is 0 Å². The third-order valence-corrected chi connectivity index (χ3v) is 3.57. The zero-order chi connectivity index (χ0) is 11.3. The number of likely N-dealkylation sites (tertiary alicyclic amines) is 1. The summed E-state index contributed by atoms with van der Waals surface area (Å²) in [5.41, 5.74) is 0.491. The topological polar surface area (TPSA) is 29.5 Å². The molecule has 1 rings (SSSR count). The second-order valence-electron chi connectivity index (χ2n) is 4.75. The molecule has 0 aromatic heterocycles. The Labute approximate surface area is 92.8 Å². The van der Waals surface area contributed by atoms with Gasteiger partial charge in [-0.25, -0.2) is 0 Å². The first-order valence-corrected chi connectivity index (χ1v) is 5.97. The van der Waals surface area contributed by atoms with Crippen LogP contribution >= 0.6 is 0 Å². The summed E-state index contributed by atoms with van der Waals surface area (Å²) in [6, 6.07) is 0. The van der Waals surface area contributed by atoms with E-state index >= 15 is 0 Å². The van der Waals surface area contributed by atoms with Crippen LogP contribution in [0.4, 0.5) is 0 Å². The fraction of sp³-hybridized carbons (Fsp3) is 0.917. The molecule has 0 N–H and O–H groups in total. The molecule has 0 unspecified atom stereocenters. The minimum absolute atomic E-state index is 0.0856. The van der Waals surface area contributed by atoms with Crippen molar-refractivity contribution in [1.82, 2.24) is 4.90 Å². The number of nitrogens with zero attached hydrogens (tertiary/aromatic N) is 1. The van der Waals surface area contributed by atoms with Gasteiger partial charge >= 0.3 is 5.97 Å². The summed E-state index contributed by atoms with van der Waals surface area (Å²) in [7, 11) is 0. The molecule has 1 aliphatic rings. The van der Waals surface area contributed by atoms with Crippen LogP contribution in [-0.4, -0.2) is 37.1 Å². The van der Waals surface area contributed by atoms with Crippen molar-refractivity contribution < 1.29 is 9.53 Å². The van der Waals surface area contributed by atoms with E-state index in [1.807, 2.05) is 6.92 Å². The van der Waals surface area contributed by atoms with E-state index in [9.17, 15) is 4.79 Å². The summed E-state index contributed by atoms with van der Waals surface area (Å²) in [5.74, 6) is -0.0856. The van der Waals surface area contributed by atoms with Crippen LogP contribution in [0.25, 0.3) is 0 Å². The number of hydrogen-bond acceptors (Lipinski definition) is 3. The van der Waals surface area contributed by atoms with Crippen LogP contribution in [0.2, 0.25) is 0 Å². The molecule has 1 heterocycles. The van der Waals surface area contributed by atoms with E-state index in [-0.39, 0.29) is 5.97 Å². The van der Waals surface area contributed by atoms with Crippen molar-refractivity contribution in [2.45, 2.75) is 40.0 Å². The Kier molecular flexibility index (Phi) is 4.58. The van der Waals surface area contributed by atoms with Gasteiger partial charge in [0.05, 0.1) is 13.2 Å². The minimum atomic E-state index is -0.0856. The maximum absolute atomic E-state index is 11.3. The second-order valence-corrected chi connectivity index (χ2v) is 4.75. The standard InChI is InChI=1S/C12H23NO2/c1-4-12(3)6-8-13(9-7-12)10-11(14)15-5-2/h4-10H2,1-3H3. The third kappa shape index (κ3) is 3.82. The molecule has 88 valence electrons. The van der Waals surface area contributed by atoms with Crippen LogP contribution in [-0.2, 0) is 9.53 Å². The monoisotopic (exact) mass is 213 g/mol. The molecule has 0 spiro atoms. The summed E-state index contributed by atoms with van der Waals surface area (Å²) in [6.07, 6.45) is 3.63. The number of ether oxygens (including phenoxy) is 1. The van der Waals surface area contributed by atoms with Crippen molar-refractivity contribution in [2.24, 2.45) is 5.41 Å². The summed E-state index contributed by atoms with van der Waals surface area (Å²) < 4.78 is 4.94. The molecule has 3 nitrogen and oxygen atoms in total. The Hall–Kier alpha value is -0.570. The summed E-state index contributed by atoms with van der Waals surface area (Å²) in [4.78, 5) is 13.5. The van der Waals surface area contributed by atoms with Gasteiger partial charge in [-0.05, 0) is 38.3 Å². The summed E-state index contributed by atoms with van der Waals surface area (Å²) in [5, 5.41) is 0. The van der Waals surface area contributed by atoms with E-state index < -0.39 is 0 Å². The zero-order valence-corrected chi connectivity index (χ0v) is 10.2. The summed E-state index contributed by atoms with van der Waals surface area (Å²) in [6.45, 7) is 9.46. The molecule has 1 fully saturated rings. The molecule has 0 aliphatic carbocycles. The largest absolute Gasteiger partial charge is 0.465 e. The van der Waals surface area contributed by atoms with E-state index in [0.29, 0.717) is 18.6 Å². The molecule has 0 amide bonds. The molecule has 0 aromatic rings. The zero-order valence-electron chi connectivity index (χ0n) is 10.2. The van der Waals surface area contributed by atoms with Crippen molar-refractivity contribution in [3.05, 3.63) is 0 Å². The quantitative estimate of drug-likeness (QED) is 0.669. The Balaban J connectivity index is 2.28. The van der Waals surface area contributed by atoms with E-state index in [1.54, 1.807) is 0 Å². The van der Waals surface area contributed by atoms with Crippen LogP contribution in [0, 0.1) is 5.41 Å². The van der Waals surface area contributed by atoms with Gasteiger partial charge in [0.25, 0.3) is 0 Å². The lowest BCUT2D eigenvalue weighted by Gasteiger charge is -2.38. The number of piperidine rings is 1. The van der Waals surface area contributed by atoms with Gasteiger partial charge in [0.2, 0.25) is 0 Å². The average molecular weight is 213 g/mol. The van der Waals surface area contributed by atoms with E-state index in [4.69, 9.17) is 4.74 Å². The first-order chi connectivity index (χ1) is 7.09. The first kappa shape index (κ1) is 12.5. The highest BCUT2D eigenvalue weighted by molar-refractivity contribution is 5.71. The number of carbonyl (C=O) groups is 1. The Morgan fingerprint density at radius 3 is 2.40 bits per heavy atom. The average Bonchev–Trinajstić information content (AvgIpc) is 2.22. The maximum atomic E-state index is 11.3. The molecule has 0 saturated carbocycles. The lowest BCUT2D eigenvalue weighted by Crippen LogP contribution is -2.41. The Bertz CT molecular complexity index is 208. The van der Waals surface area contributed by atoms with E-state index in [2.05, 4.69) is 18.7 Å². The fourth-order valence-corrected chi connectivity index (χ4v) is 1.99. The highest BCUT2D eigenvalue weighted by Gasteiger charge is 2.28. The van der Waals surface area contributed by atoms with Crippen molar-refractivity contribution in [3.8, 4) is 0 Å². The normalized spacial score (nSPS) is 21.3. The second kappa shape index (κ2) is 5.50. The van der Waals surface area contributed by atoms with Gasteiger partial charge < -0.3 is 4.74 Å². The van der Waals surface area contributed by atoms with E-state index in [1.165, 1.54) is 19.3 Å². The van der Waals surface area contributed by atoms with Gasteiger partial charge in [0, 0.05) is 0 Å². The molecule has 0 radical (unpaired) electrons. The van der Waals surface area contributed by atoms with Crippen molar-refractivity contribution in [2.75, 3.05) is 26.2 Å². The van der Waals surface area contributed by atoms with Gasteiger partial charge in [-0.2, -0.15) is 0 Å². The molecule has 0 aromatic carbocycles. The minimum Gasteiger partial charge on any atom is -0.465 e. The smallest absolute Gasteiger partial charge is 0.320 e. The van der Waals surface area contributed by atoms with Crippen LogP contribution < -0.4 is 0 Å². The third-order valence-electron chi connectivity index (χ3n) is 3.57.